The average molecular weight is 303 g/mol. The van der Waals surface area contributed by atoms with Crippen LogP contribution in [0.4, 0.5) is 0 Å². The zero-order chi connectivity index (χ0) is 14.8. The fourth-order valence-electron chi connectivity index (χ4n) is 2.44. The average Bonchev–Trinajstić information content (AvgIpc) is 3.09. The van der Waals surface area contributed by atoms with Crippen LogP contribution in [0.25, 0.3) is 11.0 Å². The Labute approximate surface area is 127 Å². The molecule has 0 fully saturated rings. The zero-order valence-electron chi connectivity index (χ0n) is 12.0. The van der Waals surface area contributed by atoms with E-state index in [0.717, 1.165) is 27.5 Å². The smallest absolute Gasteiger partial charge is 0.145 e. The first-order valence-corrected chi connectivity index (χ1v) is 7.77. The van der Waals surface area contributed by atoms with Crippen molar-refractivity contribution in [3.05, 3.63) is 41.7 Å². The Balaban J connectivity index is 2.11. The van der Waals surface area contributed by atoms with Crippen LogP contribution in [0.2, 0.25) is 0 Å². The van der Waals surface area contributed by atoms with Crippen LogP contribution in [0.5, 0.6) is 0 Å². The van der Waals surface area contributed by atoms with Gasteiger partial charge in [0.2, 0.25) is 0 Å². The Bertz CT molecular complexity index is 750. The molecule has 3 aromatic rings. The lowest BCUT2D eigenvalue weighted by atomic mass is 10.2. The Morgan fingerprint density at radius 1 is 1.33 bits per heavy atom. The quantitative estimate of drug-likeness (QED) is 0.580. The Kier molecular flexibility index (Phi) is 3.98. The van der Waals surface area contributed by atoms with Gasteiger partial charge in [-0.1, -0.05) is 0 Å². The van der Waals surface area contributed by atoms with E-state index in [1.54, 1.807) is 24.4 Å². The largest absolute Gasteiger partial charge is 0.467 e. The highest BCUT2D eigenvalue weighted by Crippen LogP contribution is 2.31. The first-order valence-electron chi connectivity index (χ1n) is 6.78. The number of hydrogen-bond donors (Lipinski definition) is 1. The van der Waals surface area contributed by atoms with Crippen LogP contribution >= 0.6 is 11.8 Å². The predicted octanol–water partition coefficient (Wildman–Crippen LogP) is 2.77. The lowest BCUT2D eigenvalue weighted by Gasteiger charge is -2.05. The summed E-state index contributed by atoms with van der Waals surface area (Å²) in [4.78, 5) is 8.81. The van der Waals surface area contributed by atoms with Gasteiger partial charge in [0.15, 0.2) is 0 Å². The Morgan fingerprint density at radius 3 is 2.90 bits per heavy atom. The number of aryl methyl sites for hydroxylation is 1. The van der Waals surface area contributed by atoms with Gasteiger partial charge in [0.1, 0.15) is 22.8 Å². The second kappa shape index (κ2) is 5.91. The topological polar surface area (TPSA) is 64.1 Å². The Morgan fingerprint density at radius 2 is 2.19 bits per heavy atom. The third-order valence-electron chi connectivity index (χ3n) is 3.59. The lowest BCUT2D eigenvalue weighted by molar-refractivity contribution is 0.322. The van der Waals surface area contributed by atoms with Crippen LogP contribution in [0.1, 0.15) is 17.0 Å². The van der Waals surface area contributed by atoms with Crippen LogP contribution in [-0.2, 0) is 6.54 Å². The summed E-state index contributed by atoms with van der Waals surface area (Å²) in [6.07, 6.45) is 3.26. The first kappa shape index (κ1) is 14.2. The van der Waals surface area contributed by atoms with E-state index in [1.165, 1.54) is 5.56 Å². The van der Waals surface area contributed by atoms with Gasteiger partial charge in [-0.15, -0.1) is 11.8 Å². The van der Waals surface area contributed by atoms with Gasteiger partial charge in [0, 0.05) is 11.4 Å². The van der Waals surface area contributed by atoms with Crippen LogP contribution in [0.15, 0.2) is 34.2 Å². The van der Waals surface area contributed by atoms with E-state index in [0.29, 0.717) is 12.3 Å². The van der Waals surface area contributed by atoms with Crippen molar-refractivity contribution >= 4 is 22.8 Å². The van der Waals surface area contributed by atoms with Crippen molar-refractivity contribution < 1.29 is 9.52 Å². The number of aliphatic hydroxyl groups excluding tert-OH is 1. The lowest BCUT2D eigenvalue weighted by Crippen LogP contribution is -2.02. The summed E-state index contributed by atoms with van der Waals surface area (Å²) in [7, 11) is 0. The molecule has 3 heterocycles. The number of rotatable bonds is 5. The van der Waals surface area contributed by atoms with Crippen LogP contribution < -0.4 is 0 Å². The highest BCUT2D eigenvalue weighted by atomic mass is 32.2. The molecule has 21 heavy (non-hydrogen) atoms. The van der Waals surface area contributed by atoms with Gasteiger partial charge >= 0.3 is 0 Å². The second-order valence-corrected chi connectivity index (χ2v) is 5.91. The standard InChI is InChI=1S/C15H17N3O2S/c1-10-11(2)18(8-12-4-3-6-20-12)14-13(10)15(17-9-16-14)21-7-5-19/h3-4,6,9,19H,5,7-8H2,1-2H3. The minimum Gasteiger partial charge on any atom is -0.467 e. The highest BCUT2D eigenvalue weighted by molar-refractivity contribution is 7.99. The van der Waals surface area contributed by atoms with Crippen molar-refractivity contribution in [2.24, 2.45) is 0 Å². The molecular weight excluding hydrogens is 286 g/mol. The van der Waals surface area contributed by atoms with Crippen LogP contribution in [-0.4, -0.2) is 32.0 Å². The first-order chi connectivity index (χ1) is 10.2. The molecule has 110 valence electrons. The number of aromatic nitrogens is 3. The third kappa shape index (κ3) is 2.56. The van der Waals surface area contributed by atoms with Crippen molar-refractivity contribution in [1.29, 1.82) is 0 Å². The summed E-state index contributed by atoms with van der Waals surface area (Å²) in [5.74, 6) is 1.53. The second-order valence-electron chi connectivity index (χ2n) is 4.83. The van der Waals surface area contributed by atoms with Gasteiger partial charge in [0.25, 0.3) is 0 Å². The zero-order valence-corrected chi connectivity index (χ0v) is 12.9. The molecule has 0 aliphatic carbocycles. The molecule has 1 N–H and O–H groups in total. The van der Waals surface area contributed by atoms with Crippen LogP contribution in [0.3, 0.4) is 0 Å². The summed E-state index contributed by atoms with van der Waals surface area (Å²) < 4.78 is 7.59. The predicted molar refractivity (Wildman–Crippen MR) is 82.6 cm³/mol. The summed E-state index contributed by atoms with van der Waals surface area (Å²) in [6.45, 7) is 4.97. The molecule has 6 heteroatoms. The van der Waals surface area contributed by atoms with Crippen molar-refractivity contribution in [2.45, 2.75) is 25.4 Å². The fraction of sp³-hybridized carbons (Fsp3) is 0.333. The SMILES string of the molecule is Cc1c(C)n(Cc2ccco2)c2ncnc(SCCO)c12. The minimum absolute atomic E-state index is 0.140. The number of hydrogen-bond acceptors (Lipinski definition) is 5. The van der Waals surface area contributed by atoms with E-state index >= 15 is 0 Å². The molecule has 5 nitrogen and oxygen atoms in total. The van der Waals surface area contributed by atoms with E-state index < -0.39 is 0 Å². The van der Waals surface area contributed by atoms with Gasteiger partial charge in [-0.2, -0.15) is 0 Å². The van der Waals surface area contributed by atoms with Gasteiger partial charge in [-0.3, -0.25) is 0 Å². The summed E-state index contributed by atoms with van der Waals surface area (Å²) in [6, 6.07) is 3.85. The molecule has 0 radical (unpaired) electrons. The molecule has 3 rings (SSSR count). The minimum atomic E-state index is 0.140. The maximum atomic E-state index is 9.02. The van der Waals surface area contributed by atoms with Gasteiger partial charge in [-0.25, -0.2) is 9.97 Å². The highest BCUT2D eigenvalue weighted by Gasteiger charge is 2.17. The normalized spacial score (nSPS) is 11.4. The molecular formula is C15H17N3O2S. The monoisotopic (exact) mass is 303 g/mol. The van der Waals surface area contributed by atoms with E-state index in [4.69, 9.17) is 9.52 Å². The molecule has 0 aliphatic rings. The van der Waals surface area contributed by atoms with E-state index in [1.807, 2.05) is 12.1 Å². The number of aliphatic hydroxyl groups is 1. The van der Waals surface area contributed by atoms with Crippen LogP contribution in [0, 0.1) is 13.8 Å². The van der Waals surface area contributed by atoms with E-state index in [-0.39, 0.29) is 6.61 Å². The maximum absolute atomic E-state index is 9.02. The van der Waals surface area contributed by atoms with E-state index in [2.05, 4.69) is 28.4 Å². The fourth-order valence-corrected chi connectivity index (χ4v) is 3.23. The van der Waals surface area contributed by atoms with Crippen molar-refractivity contribution in [3.63, 3.8) is 0 Å². The van der Waals surface area contributed by atoms with Gasteiger partial charge in [0.05, 0.1) is 24.8 Å². The molecule has 0 aliphatic heterocycles. The van der Waals surface area contributed by atoms with E-state index in [9.17, 15) is 0 Å². The molecule has 0 atom stereocenters. The molecule has 0 bridgehead atoms. The van der Waals surface area contributed by atoms with Gasteiger partial charge in [-0.05, 0) is 31.5 Å². The Hall–Kier alpha value is -1.79. The maximum Gasteiger partial charge on any atom is 0.145 e. The summed E-state index contributed by atoms with van der Waals surface area (Å²) in [5, 5.41) is 11.0. The van der Waals surface area contributed by atoms with Crippen molar-refractivity contribution in [2.75, 3.05) is 12.4 Å². The molecule has 0 aromatic carbocycles. The number of fused-ring (bicyclic) bond motifs is 1. The summed E-state index contributed by atoms with van der Waals surface area (Å²) >= 11 is 1.56. The molecule has 3 aromatic heterocycles. The molecule has 0 saturated heterocycles. The molecule has 0 amide bonds. The molecule has 0 unspecified atom stereocenters. The third-order valence-corrected chi connectivity index (χ3v) is 4.56. The van der Waals surface area contributed by atoms with Crippen molar-refractivity contribution in [3.8, 4) is 0 Å². The van der Waals surface area contributed by atoms with Crippen molar-refractivity contribution in [1.82, 2.24) is 14.5 Å². The number of nitrogens with zero attached hydrogens (tertiary/aromatic N) is 3. The summed E-state index contributed by atoms with van der Waals surface area (Å²) in [5.41, 5.74) is 3.25. The molecule has 0 saturated carbocycles. The van der Waals surface area contributed by atoms with Gasteiger partial charge < -0.3 is 14.1 Å². The molecule has 0 spiro atoms. The number of furan rings is 1. The number of thioether (sulfide) groups is 1.